The first-order valence-electron chi connectivity index (χ1n) is 10.5. The van der Waals surface area contributed by atoms with Gasteiger partial charge in [-0.1, -0.05) is 60.8 Å². The van der Waals surface area contributed by atoms with Crippen LogP contribution < -0.4 is 5.32 Å². The number of esters is 1. The van der Waals surface area contributed by atoms with Crippen molar-refractivity contribution in [1.82, 2.24) is 15.2 Å². The molecule has 1 N–H and O–H groups in total. The van der Waals surface area contributed by atoms with Gasteiger partial charge >= 0.3 is 5.97 Å². The monoisotopic (exact) mass is 460 g/mol. The van der Waals surface area contributed by atoms with Crippen molar-refractivity contribution >= 4 is 28.8 Å². The van der Waals surface area contributed by atoms with Crippen molar-refractivity contribution in [2.24, 2.45) is 4.99 Å². The van der Waals surface area contributed by atoms with E-state index in [-0.39, 0.29) is 18.9 Å². The van der Waals surface area contributed by atoms with Gasteiger partial charge in [-0.25, -0.2) is 9.79 Å². The van der Waals surface area contributed by atoms with Crippen molar-refractivity contribution in [2.45, 2.75) is 25.9 Å². The standard InChI is InChI=1S/C25H24N4O3S/c1-3-12-32-24(31)22-17(2)28-25-29(23(22)19-9-5-4-6-10-19)20(16-33-25)13-21(30)27-15-18-8-7-11-26-14-18/h3-11,14,16,23H,1,12-13,15H2,2H3,(H,27,30). The second-order valence-corrected chi connectivity index (χ2v) is 8.34. The molecule has 4 rings (SSSR count). The number of aliphatic imine (C=N–C) groups is 1. The molecular formula is C25H24N4O3S. The van der Waals surface area contributed by atoms with E-state index in [0.717, 1.165) is 22.0 Å². The predicted molar refractivity (Wildman–Crippen MR) is 129 cm³/mol. The SMILES string of the molecule is C=CCOC(=O)C1=C(C)N=C2SC=C(CC(=O)NCc3cccnc3)N2C1c1ccccc1. The van der Waals surface area contributed by atoms with E-state index < -0.39 is 12.0 Å². The fraction of sp³-hybridized carbons (Fsp3) is 0.200. The summed E-state index contributed by atoms with van der Waals surface area (Å²) in [5.74, 6) is -0.567. The zero-order valence-electron chi connectivity index (χ0n) is 18.2. The van der Waals surface area contributed by atoms with Gasteiger partial charge in [-0.3, -0.25) is 9.78 Å². The molecular weight excluding hydrogens is 436 g/mol. The lowest BCUT2D eigenvalue weighted by Crippen LogP contribution is -2.38. The molecule has 0 aliphatic carbocycles. The molecule has 0 fully saturated rings. The van der Waals surface area contributed by atoms with Crippen molar-refractivity contribution in [2.75, 3.05) is 6.61 Å². The molecule has 2 aromatic rings. The van der Waals surface area contributed by atoms with Crippen molar-refractivity contribution in [1.29, 1.82) is 0 Å². The number of allylic oxidation sites excluding steroid dienone is 1. The molecule has 1 atom stereocenters. The first-order valence-corrected chi connectivity index (χ1v) is 11.4. The lowest BCUT2D eigenvalue weighted by molar-refractivity contribution is -0.138. The molecule has 1 aromatic heterocycles. The molecule has 3 heterocycles. The molecule has 1 unspecified atom stereocenters. The first kappa shape index (κ1) is 22.5. The minimum Gasteiger partial charge on any atom is -0.458 e. The highest BCUT2D eigenvalue weighted by Gasteiger charge is 2.41. The highest BCUT2D eigenvalue weighted by Crippen LogP contribution is 2.44. The van der Waals surface area contributed by atoms with Crippen LogP contribution >= 0.6 is 11.8 Å². The third kappa shape index (κ3) is 5.06. The normalized spacial score (nSPS) is 17.1. The lowest BCUT2D eigenvalue weighted by Gasteiger charge is -2.36. The van der Waals surface area contributed by atoms with Crippen molar-refractivity contribution < 1.29 is 14.3 Å². The highest BCUT2D eigenvalue weighted by molar-refractivity contribution is 8.16. The number of amidine groups is 1. The molecule has 0 radical (unpaired) electrons. The maximum absolute atomic E-state index is 13.0. The van der Waals surface area contributed by atoms with Crippen LogP contribution in [0.4, 0.5) is 0 Å². The summed E-state index contributed by atoms with van der Waals surface area (Å²) >= 11 is 1.45. The number of pyridine rings is 1. The average molecular weight is 461 g/mol. The summed E-state index contributed by atoms with van der Waals surface area (Å²) in [5, 5.41) is 5.59. The van der Waals surface area contributed by atoms with Gasteiger partial charge in [0.15, 0.2) is 5.17 Å². The Hall–Kier alpha value is -3.65. The van der Waals surface area contributed by atoms with E-state index in [1.807, 2.05) is 59.7 Å². The molecule has 0 spiro atoms. The number of hydrogen-bond donors (Lipinski definition) is 1. The molecule has 7 nitrogen and oxygen atoms in total. The molecule has 1 amide bonds. The molecule has 33 heavy (non-hydrogen) atoms. The molecule has 0 bridgehead atoms. The number of nitrogens with one attached hydrogen (secondary N) is 1. The summed E-state index contributed by atoms with van der Waals surface area (Å²) in [4.78, 5) is 36.4. The summed E-state index contributed by atoms with van der Waals surface area (Å²) < 4.78 is 5.38. The molecule has 0 saturated carbocycles. The largest absolute Gasteiger partial charge is 0.458 e. The van der Waals surface area contributed by atoms with Gasteiger partial charge in [-0.2, -0.15) is 0 Å². The maximum atomic E-state index is 13.0. The number of nitrogens with zero attached hydrogens (tertiary/aromatic N) is 3. The van der Waals surface area contributed by atoms with Crippen LogP contribution in [-0.4, -0.2) is 33.5 Å². The predicted octanol–water partition coefficient (Wildman–Crippen LogP) is 4.09. The smallest absolute Gasteiger partial charge is 0.338 e. The Morgan fingerprint density at radius 1 is 1.24 bits per heavy atom. The Morgan fingerprint density at radius 2 is 2.06 bits per heavy atom. The van der Waals surface area contributed by atoms with Crippen molar-refractivity contribution in [3.8, 4) is 0 Å². The fourth-order valence-corrected chi connectivity index (χ4v) is 4.69. The summed E-state index contributed by atoms with van der Waals surface area (Å²) in [6.45, 7) is 5.94. The van der Waals surface area contributed by atoms with Gasteiger partial charge in [-0.15, -0.1) is 0 Å². The van der Waals surface area contributed by atoms with Crippen LogP contribution in [0.5, 0.6) is 0 Å². The zero-order valence-corrected chi connectivity index (χ0v) is 19.0. The van der Waals surface area contributed by atoms with Crippen LogP contribution in [0.15, 0.2) is 94.9 Å². The number of ether oxygens (including phenoxy) is 1. The summed E-state index contributed by atoms with van der Waals surface area (Å²) in [7, 11) is 0. The Morgan fingerprint density at radius 3 is 2.79 bits per heavy atom. The maximum Gasteiger partial charge on any atom is 0.338 e. The Kier molecular flexibility index (Phi) is 7.04. The van der Waals surface area contributed by atoms with Crippen LogP contribution in [0.1, 0.15) is 30.5 Å². The fourth-order valence-electron chi connectivity index (χ4n) is 3.72. The number of thioether (sulfide) groups is 1. The van der Waals surface area contributed by atoms with E-state index in [4.69, 9.17) is 4.74 Å². The van der Waals surface area contributed by atoms with E-state index in [0.29, 0.717) is 17.8 Å². The Balaban J connectivity index is 1.59. The van der Waals surface area contributed by atoms with Gasteiger partial charge in [0, 0.05) is 24.6 Å². The molecule has 168 valence electrons. The van der Waals surface area contributed by atoms with Crippen LogP contribution in [0, 0.1) is 0 Å². The Bertz CT molecular complexity index is 1140. The number of carbonyl (C=O) groups excluding carboxylic acids is 2. The van der Waals surface area contributed by atoms with Crippen molar-refractivity contribution in [3.05, 3.63) is 101 Å². The summed E-state index contributed by atoms with van der Waals surface area (Å²) in [6, 6.07) is 13.0. The van der Waals surface area contributed by atoms with E-state index in [1.165, 1.54) is 17.8 Å². The summed E-state index contributed by atoms with van der Waals surface area (Å²) in [5.41, 5.74) is 3.67. The average Bonchev–Trinajstić information content (AvgIpc) is 3.23. The zero-order chi connectivity index (χ0) is 23.2. The van der Waals surface area contributed by atoms with Crippen molar-refractivity contribution in [3.63, 3.8) is 0 Å². The van der Waals surface area contributed by atoms with E-state index in [2.05, 4.69) is 21.9 Å². The third-order valence-corrected chi connectivity index (χ3v) is 6.11. The highest BCUT2D eigenvalue weighted by atomic mass is 32.2. The molecule has 0 saturated heterocycles. The number of hydrogen-bond acceptors (Lipinski definition) is 7. The number of rotatable bonds is 8. The van der Waals surface area contributed by atoms with Gasteiger partial charge in [0.05, 0.1) is 23.7 Å². The van der Waals surface area contributed by atoms with Crippen LogP contribution in [0.25, 0.3) is 0 Å². The van der Waals surface area contributed by atoms with Gasteiger partial charge in [0.25, 0.3) is 0 Å². The van der Waals surface area contributed by atoms with Crippen LogP contribution in [0.2, 0.25) is 0 Å². The van der Waals surface area contributed by atoms with Crippen LogP contribution in [0.3, 0.4) is 0 Å². The van der Waals surface area contributed by atoms with Gasteiger partial charge < -0.3 is 15.0 Å². The number of benzene rings is 1. The second-order valence-electron chi connectivity index (χ2n) is 7.51. The quantitative estimate of drug-likeness (QED) is 0.472. The third-order valence-electron chi connectivity index (χ3n) is 5.22. The van der Waals surface area contributed by atoms with Gasteiger partial charge in [0.1, 0.15) is 6.61 Å². The van der Waals surface area contributed by atoms with Gasteiger partial charge in [0.2, 0.25) is 5.91 Å². The molecule has 2 aliphatic rings. The minimum absolute atomic E-state index is 0.113. The minimum atomic E-state index is -0.443. The molecule has 8 heteroatoms. The topological polar surface area (TPSA) is 83.9 Å². The van der Waals surface area contributed by atoms with E-state index in [1.54, 1.807) is 12.4 Å². The molecule has 1 aromatic carbocycles. The van der Waals surface area contributed by atoms with E-state index >= 15 is 0 Å². The van der Waals surface area contributed by atoms with E-state index in [9.17, 15) is 9.59 Å². The number of fused-ring (bicyclic) bond motifs is 1. The lowest BCUT2D eigenvalue weighted by atomic mass is 9.94. The Labute approximate surface area is 197 Å². The number of amides is 1. The number of aromatic nitrogens is 1. The first-order chi connectivity index (χ1) is 16.1. The van der Waals surface area contributed by atoms with Gasteiger partial charge in [-0.05, 0) is 29.5 Å². The van der Waals surface area contributed by atoms with Crippen LogP contribution in [-0.2, 0) is 20.9 Å². The molecule has 2 aliphatic heterocycles. The second kappa shape index (κ2) is 10.3. The number of carbonyl (C=O) groups is 2. The summed E-state index contributed by atoms with van der Waals surface area (Å²) in [6.07, 6.45) is 5.11.